The lowest BCUT2D eigenvalue weighted by atomic mass is 10.2. The van der Waals surface area contributed by atoms with Gasteiger partial charge in [-0.15, -0.1) is 0 Å². The lowest BCUT2D eigenvalue weighted by Gasteiger charge is -2.05. The van der Waals surface area contributed by atoms with E-state index in [2.05, 4.69) is 4.98 Å². The molecule has 0 saturated carbocycles. The number of anilines is 1. The Morgan fingerprint density at radius 2 is 2.27 bits per heavy atom. The van der Waals surface area contributed by atoms with Crippen LogP contribution in [0, 0.1) is 6.92 Å². The highest BCUT2D eigenvalue weighted by Crippen LogP contribution is 2.08. The fourth-order valence-electron chi connectivity index (χ4n) is 1.44. The molecule has 0 unspecified atom stereocenters. The first kappa shape index (κ1) is 9.39. The van der Waals surface area contributed by atoms with E-state index >= 15 is 0 Å². The summed E-state index contributed by atoms with van der Waals surface area (Å²) in [5.41, 5.74) is 6.29. The number of aldehydes is 1. The molecule has 2 N–H and O–H groups in total. The Hall–Kier alpha value is -2.17. The number of nitrogens with two attached hydrogens (primary N) is 1. The largest absolute Gasteiger partial charge is 0.383 e. The van der Waals surface area contributed by atoms with Crippen LogP contribution in [0.2, 0.25) is 0 Å². The van der Waals surface area contributed by atoms with Gasteiger partial charge in [-0.05, 0) is 18.6 Å². The number of carbonyl (C=O) groups is 1. The molecule has 2 aromatic rings. The smallest absolute Gasteiger partial charge is 0.270 e. The molecule has 0 amide bonds. The minimum absolute atomic E-state index is 0.0238. The van der Waals surface area contributed by atoms with E-state index in [-0.39, 0.29) is 11.4 Å². The van der Waals surface area contributed by atoms with Gasteiger partial charge in [-0.25, -0.2) is 4.98 Å². The van der Waals surface area contributed by atoms with Crippen molar-refractivity contribution in [2.45, 2.75) is 6.92 Å². The molecule has 15 heavy (non-hydrogen) atoms. The highest BCUT2D eigenvalue weighted by atomic mass is 16.1. The van der Waals surface area contributed by atoms with Crippen molar-refractivity contribution >= 4 is 17.8 Å². The van der Waals surface area contributed by atoms with E-state index in [1.807, 2.05) is 13.0 Å². The third kappa shape index (κ3) is 1.28. The minimum atomic E-state index is -0.434. The number of aromatic nitrogens is 2. The van der Waals surface area contributed by atoms with Crippen LogP contribution in [0.25, 0.3) is 5.65 Å². The SMILES string of the molecule is Cc1cccn2c(=O)c(C=O)c(N)nc12. The van der Waals surface area contributed by atoms with Gasteiger partial charge in [-0.1, -0.05) is 6.07 Å². The maximum Gasteiger partial charge on any atom is 0.270 e. The average molecular weight is 203 g/mol. The van der Waals surface area contributed by atoms with Crippen molar-refractivity contribution in [1.29, 1.82) is 0 Å². The molecule has 0 aliphatic heterocycles. The van der Waals surface area contributed by atoms with Crippen LogP contribution in [0.3, 0.4) is 0 Å². The van der Waals surface area contributed by atoms with Gasteiger partial charge in [0.1, 0.15) is 17.0 Å². The summed E-state index contributed by atoms with van der Waals surface area (Å²) in [6, 6.07) is 3.54. The normalized spacial score (nSPS) is 10.5. The molecule has 0 radical (unpaired) electrons. The average Bonchev–Trinajstić information content (AvgIpc) is 2.20. The van der Waals surface area contributed by atoms with Gasteiger partial charge >= 0.3 is 0 Å². The Morgan fingerprint density at radius 3 is 2.93 bits per heavy atom. The summed E-state index contributed by atoms with van der Waals surface area (Å²) in [5.74, 6) is -0.0238. The van der Waals surface area contributed by atoms with Crippen LogP contribution < -0.4 is 11.3 Å². The van der Waals surface area contributed by atoms with E-state index in [4.69, 9.17) is 5.73 Å². The Morgan fingerprint density at radius 1 is 1.53 bits per heavy atom. The van der Waals surface area contributed by atoms with Crippen LogP contribution in [-0.2, 0) is 0 Å². The maximum absolute atomic E-state index is 11.7. The van der Waals surface area contributed by atoms with Gasteiger partial charge in [-0.3, -0.25) is 14.0 Å². The van der Waals surface area contributed by atoms with Crippen molar-refractivity contribution in [3.8, 4) is 0 Å². The number of hydrogen-bond donors (Lipinski definition) is 1. The molecule has 2 heterocycles. The highest BCUT2D eigenvalue weighted by Gasteiger charge is 2.09. The van der Waals surface area contributed by atoms with Crippen molar-refractivity contribution in [3.05, 3.63) is 39.8 Å². The summed E-state index contributed by atoms with van der Waals surface area (Å²) >= 11 is 0. The molecular formula is C10H9N3O2. The summed E-state index contributed by atoms with van der Waals surface area (Å²) < 4.78 is 1.31. The summed E-state index contributed by atoms with van der Waals surface area (Å²) in [6.45, 7) is 1.82. The van der Waals surface area contributed by atoms with E-state index in [9.17, 15) is 9.59 Å². The molecule has 0 atom stereocenters. The summed E-state index contributed by atoms with van der Waals surface area (Å²) in [4.78, 5) is 26.4. The highest BCUT2D eigenvalue weighted by molar-refractivity contribution is 5.81. The molecule has 0 saturated heterocycles. The standard InChI is InChI=1S/C10H9N3O2/c1-6-3-2-4-13-9(6)12-8(11)7(5-14)10(13)15/h2-5H,11H2,1H3. The Bertz CT molecular complexity index is 601. The third-order valence-corrected chi connectivity index (χ3v) is 2.23. The van der Waals surface area contributed by atoms with Crippen LogP contribution in [0.15, 0.2) is 23.1 Å². The van der Waals surface area contributed by atoms with Gasteiger partial charge in [0.2, 0.25) is 0 Å². The monoisotopic (exact) mass is 203 g/mol. The first-order valence-electron chi connectivity index (χ1n) is 4.38. The number of rotatable bonds is 1. The predicted octanol–water partition coefficient (Wildman–Crippen LogP) is 0.398. The number of carbonyl (C=O) groups excluding carboxylic acids is 1. The molecule has 76 valence electrons. The molecule has 0 fully saturated rings. The molecular weight excluding hydrogens is 194 g/mol. The summed E-state index contributed by atoms with van der Waals surface area (Å²) in [6.07, 6.45) is 1.99. The summed E-state index contributed by atoms with van der Waals surface area (Å²) in [7, 11) is 0. The second-order valence-corrected chi connectivity index (χ2v) is 3.22. The van der Waals surface area contributed by atoms with E-state index < -0.39 is 5.56 Å². The molecule has 5 nitrogen and oxygen atoms in total. The second kappa shape index (κ2) is 3.20. The molecule has 2 rings (SSSR count). The lowest BCUT2D eigenvalue weighted by molar-refractivity contribution is 0.112. The van der Waals surface area contributed by atoms with Gasteiger partial charge in [0, 0.05) is 6.20 Å². The fourth-order valence-corrected chi connectivity index (χ4v) is 1.44. The zero-order valence-electron chi connectivity index (χ0n) is 8.10. The van der Waals surface area contributed by atoms with Gasteiger partial charge in [0.15, 0.2) is 6.29 Å². The molecule has 0 spiro atoms. The van der Waals surface area contributed by atoms with E-state index in [1.165, 1.54) is 4.40 Å². The third-order valence-electron chi connectivity index (χ3n) is 2.23. The topological polar surface area (TPSA) is 77.5 Å². The molecule has 0 aromatic carbocycles. The van der Waals surface area contributed by atoms with Crippen LogP contribution in [-0.4, -0.2) is 15.7 Å². The zero-order chi connectivity index (χ0) is 11.0. The van der Waals surface area contributed by atoms with Crippen molar-refractivity contribution in [2.24, 2.45) is 0 Å². The van der Waals surface area contributed by atoms with Crippen molar-refractivity contribution < 1.29 is 4.79 Å². The number of fused-ring (bicyclic) bond motifs is 1. The second-order valence-electron chi connectivity index (χ2n) is 3.22. The Balaban J connectivity index is 3.04. The quantitative estimate of drug-likeness (QED) is 0.680. The number of hydrogen-bond acceptors (Lipinski definition) is 4. The molecule has 0 aliphatic carbocycles. The van der Waals surface area contributed by atoms with Crippen molar-refractivity contribution in [3.63, 3.8) is 0 Å². The number of aryl methyl sites for hydroxylation is 1. The fraction of sp³-hybridized carbons (Fsp3) is 0.100. The lowest BCUT2D eigenvalue weighted by Crippen LogP contribution is -2.22. The van der Waals surface area contributed by atoms with Crippen molar-refractivity contribution in [1.82, 2.24) is 9.38 Å². The van der Waals surface area contributed by atoms with Crippen LogP contribution in [0.5, 0.6) is 0 Å². The van der Waals surface area contributed by atoms with Gasteiger partial charge in [0.05, 0.1) is 0 Å². The van der Waals surface area contributed by atoms with E-state index in [0.29, 0.717) is 11.9 Å². The van der Waals surface area contributed by atoms with Gasteiger partial charge < -0.3 is 5.73 Å². The molecule has 5 heteroatoms. The Kier molecular flexibility index (Phi) is 2.00. The summed E-state index contributed by atoms with van der Waals surface area (Å²) in [5, 5.41) is 0. The molecule has 0 bridgehead atoms. The van der Waals surface area contributed by atoms with E-state index in [1.54, 1.807) is 12.3 Å². The van der Waals surface area contributed by atoms with Crippen LogP contribution in [0.1, 0.15) is 15.9 Å². The number of nitrogens with zero attached hydrogens (tertiary/aromatic N) is 2. The molecule has 2 aromatic heterocycles. The predicted molar refractivity (Wildman–Crippen MR) is 56.0 cm³/mol. The minimum Gasteiger partial charge on any atom is -0.383 e. The first-order chi connectivity index (χ1) is 7.15. The first-order valence-corrected chi connectivity index (χ1v) is 4.38. The molecule has 0 aliphatic rings. The maximum atomic E-state index is 11.7. The van der Waals surface area contributed by atoms with Crippen molar-refractivity contribution in [2.75, 3.05) is 5.73 Å². The van der Waals surface area contributed by atoms with Crippen LogP contribution >= 0.6 is 0 Å². The zero-order valence-corrected chi connectivity index (χ0v) is 8.10. The Labute approximate surface area is 85.2 Å². The van der Waals surface area contributed by atoms with Crippen LogP contribution in [0.4, 0.5) is 5.82 Å². The van der Waals surface area contributed by atoms with E-state index in [0.717, 1.165) is 5.56 Å². The number of nitrogen functional groups attached to an aromatic ring is 1. The van der Waals surface area contributed by atoms with Gasteiger partial charge in [0.25, 0.3) is 5.56 Å². The van der Waals surface area contributed by atoms with Gasteiger partial charge in [-0.2, -0.15) is 0 Å². The number of pyridine rings is 1.